The lowest BCUT2D eigenvalue weighted by molar-refractivity contribution is -0.307. The molecule has 0 saturated carbocycles. The van der Waals surface area contributed by atoms with Gasteiger partial charge in [-0.1, -0.05) is 0 Å². The van der Waals surface area contributed by atoms with Gasteiger partial charge in [0.25, 0.3) is 0 Å². The van der Waals surface area contributed by atoms with Gasteiger partial charge in [0.15, 0.2) is 0 Å². The normalized spacial score (nSPS) is 11.0. The van der Waals surface area contributed by atoms with Gasteiger partial charge in [-0.05, 0) is 42.0 Å². The summed E-state index contributed by atoms with van der Waals surface area (Å²) in [6.45, 7) is 0. The zero-order valence-electron chi connectivity index (χ0n) is 12.8. The number of amidine groups is 1. The second-order valence-corrected chi connectivity index (χ2v) is 4.85. The third kappa shape index (κ3) is 4.53. The summed E-state index contributed by atoms with van der Waals surface area (Å²) in [4.78, 5) is 11.4. The number of anilines is 1. The van der Waals surface area contributed by atoms with Crippen LogP contribution >= 0.6 is 12.4 Å². The molecule has 0 heterocycles. The minimum absolute atomic E-state index is 0. The number of aromatic hydroxyl groups is 1. The number of rotatable bonds is 6. The number of carbonyl (C=O) groups excluding carboxylic acids is 1. The van der Waals surface area contributed by atoms with E-state index in [-0.39, 0.29) is 29.6 Å². The molecule has 0 amide bonds. The summed E-state index contributed by atoms with van der Waals surface area (Å²) in [5, 5.41) is 31.2. The van der Waals surface area contributed by atoms with Gasteiger partial charge in [0, 0.05) is 17.3 Å². The van der Waals surface area contributed by atoms with Crippen molar-refractivity contribution in [2.24, 2.45) is 5.73 Å². The van der Waals surface area contributed by atoms with Crippen LogP contribution in [0.25, 0.3) is 0 Å². The third-order valence-corrected chi connectivity index (χ3v) is 3.23. The number of nitrogens with one attached hydrogen (secondary N) is 2. The molecule has 7 nitrogen and oxygen atoms in total. The number of hydrogen-bond donors (Lipinski definition) is 4. The number of halogens is 1. The second-order valence-electron chi connectivity index (χ2n) is 4.85. The molecule has 2 aromatic carbocycles. The van der Waals surface area contributed by atoms with Crippen LogP contribution in [-0.2, 0) is 4.79 Å². The van der Waals surface area contributed by atoms with E-state index < -0.39 is 12.0 Å². The minimum atomic E-state index is -1.35. The maximum absolute atomic E-state index is 11.4. The van der Waals surface area contributed by atoms with E-state index in [9.17, 15) is 15.0 Å². The number of nitrogens with two attached hydrogens (primary N) is 1. The molecule has 128 valence electrons. The molecule has 0 aliphatic rings. The maximum atomic E-state index is 11.4. The van der Waals surface area contributed by atoms with Crippen LogP contribution in [-0.4, -0.2) is 24.0 Å². The van der Waals surface area contributed by atoms with Crippen molar-refractivity contribution in [1.82, 2.24) is 0 Å². The number of carbonyl (C=O) groups is 1. The number of benzene rings is 2. The lowest BCUT2D eigenvalue weighted by atomic mass is 10.1. The number of phenolic OH excluding ortho intramolecular Hbond substituents is 1. The lowest BCUT2D eigenvalue weighted by Crippen LogP contribution is -2.34. The standard InChI is InChI=1S/C16H17N3O4.ClH/c1-23-13-7-10(6-12(20)8-13)14(16(21)22)19-11-4-2-9(3-5-11)15(17)18;/h2-8,14,19-20H,1H3,(H3,17,18)(H,21,22);1H/p-1. The van der Waals surface area contributed by atoms with Gasteiger partial charge in [-0.2, -0.15) is 0 Å². The first-order valence-electron chi connectivity index (χ1n) is 6.70. The molecule has 0 aliphatic heterocycles. The van der Waals surface area contributed by atoms with E-state index in [1.165, 1.54) is 25.3 Å². The first-order chi connectivity index (χ1) is 10.9. The molecule has 2 rings (SSSR count). The molecule has 0 aromatic heterocycles. The SMILES string of the molecule is COc1cc(O)cc(C(Nc2ccc(C(=N)N)cc2)C(=O)[O-])c1.Cl. The van der Waals surface area contributed by atoms with Crippen molar-refractivity contribution >= 4 is 29.9 Å². The summed E-state index contributed by atoms with van der Waals surface area (Å²) in [6.07, 6.45) is 0. The van der Waals surface area contributed by atoms with Gasteiger partial charge < -0.3 is 30.8 Å². The molecule has 1 unspecified atom stereocenters. The first kappa shape index (κ1) is 19.1. The lowest BCUT2D eigenvalue weighted by Gasteiger charge is -2.22. The smallest absolute Gasteiger partial charge is 0.122 e. The fourth-order valence-electron chi connectivity index (χ4n) is 2.08. The van der Waals surface area contributed by atoms with E-state index in [0.717, 1.165) is 0 Å². The largest absolute Gasteiger partial charge is 0.548 e. The van der Waals surface area contributed by atoms with Crippen LogP contribution < -0.4 is 20.9 Å². The molecule has 5 N–H and O–H groups in total. The van der Waals surface area contributed by atoms with Crippen molar-refractivity contribution in [3.8, 4) is 11.5 Å². The summed E-state index contributed by atoms with van der Waals surface area (Å²) in [6, 6.07) is 9.41. The van der Waals surface area contributed by atoms with E-state index in [1.807, 2.05) is 0 Å². The molecule has 0 spiro atoms. The fourth-order valence-corrected chi connectivity index (χ4v) is 2.08. The highest BCUT2D eigenvalue weighted by Crippen LogP contribution is 2.27. The number of hydrogen-bond acceptors (Lipinski definition) is 6. The van der Waals surface area contributed by atoms with Crippen LogP contribution in [0.1, 0.15) is 17.2 Å². The number of ether oxygens (including phenoxy) is 1. The first-order valence-corrected chi connectivity index (χ1v) is 6.70. The van der Waals surface area contributed by atoms with Crippen molar-refractivity contribution in [3.63, 3.8) is 0 Å². The number of carboxylic acids is 1. The maximum Gasteiger partial charge on any atom is 0.122 e. The highest BCUT2D eigenvalue weighted by Gasteiger charge is 2.15. The van der Waals surface area contributed by atoms with E-state index in [1.54, 1.807) is 24.3 Å². The molecule has 0 saturated heterocycles. The predicted octanol–water partition coefficient (Wildman–Crippen LogP) is 1.01. The van der Waals surface area contributed by atoms with Gasteiger partial charge in [0.1, 0.15) is 17.3 Å². The molecule has 24 heavy (non-hydrogen) atoms. The number of phenols is 1. The number of methoxy groups -OCH3 is 1. The summed E-state index contributed by atoms with van der Waals surface area (Å²) < 4.78 is 5.02. The Bertz CT molecular complexity index is 735. The topological polar surface area (TPSA) is 131 Å². The average Bonchev–Trinajstić information content (AvgIpc) is 2.52. The van der Waals surface area contributed by atoms with Crippen LogP contribution in [0.15, 0.2) is 42.5 Å². The van der Waals surface area contributed by atoms with Gasteiger partial charge >= 0.3 is 0 Å². The Morgan fingerprint density at radius 1 is 1.29 bits per heavy atom. The van der Waals surface area contributed by atoms with E-state index in [2.05, 4.69) is 5.32 Å². The summed E-state index contributed by atoms with van der Waals surface area (Å²) in [7, 11) is 1.42. The Kier molecular flexibility index (Phi) is 6.43. The van der Waals surface area contributed by atoms with Crippen molar-refractivity contribution in [1.29, 1.82) is 5.41 Å². The molecule has 1 atom stereocenters. The second kappa shape index (κ2) is 8.07. The van der Waals surface area contributed by atoms with Crippen LogP contribution in [0.2, 0.25) is 0 Å². The molecule has 0 fully saturated rings. The Morgan fingerprint density at radius 3 is 2.42 bits per heavy atom. The molecular weight excluding hydrogens is 334 g/mol. The fraction of sp³-hybridized carbons (Fsp3) is 0.125. The zero-order valence-corrected chi connectivity index (χ0v) is 13.6. The Hall–Kier alpha value is -2.93. The monoisotopic (exact) mass is 350 g/mol. The quantitative estimate of drug-likeness (QED) is 0.454. The van der Waals surface area contributed by atoms with Gasteiger partial charge in [0.05, 0.1) is 19.1 Å². The van der Waals surface area contributed by atoms with Crippen molar-refractivity contribution in [2.45, 2.75) is 6.04 Å². The van der Waals surface area contributed by atoms with E-state index >= 15 is 0 Å². The average molecular weight is 351 g/mol. The predicted molar refractivity (Wildman–Crippen MR) is 90.7 cm³/mol. The molecule has 0 bridgehead atoms. The summed E-state index contributed by atoms with van der Waals surface area (Å²) >= 11 is 0. The summed E-state index contributed by atoms with van der Waals surface area (Å²) in [5.41, 5.74) is 6.69. The Labute approximate surface area is 145 Å². The molecule has 2 aromatic rings. The van der Waals surface area contributed by atoms with E-state index in [0.29, 0.717) is 17.0 Å². The van der Waals surface area contributed by atoms with Crippen LogP contribution in [0.4, 0.5) is 5.69 Å². The summed E-state index contributed by atoms with van der Waals surface area (Å²) in [5.74, 6) is -1.21. The number of carboxylic acid groups (broad SMARTS) is 1. The van der Waals surface area contributed by atoms with Crippen LogP contribution in [0.3, 0.4) is 0 Å². The molecule has 0 aliphatic carbocycles. The van der Waals surface area contributed by atoms with Gasteiger partial charge in [-0.15, -0.1) is 12.4 Å². The number of nitrogen functional groups attached to an aromatic ring is 1. The zero-order chi connectivity index (χ0) is 17.0. The van der Waals surface area contributed by atoms with E-state index in [4.69, 9.17) is 15.9 Å². The van der Waals surface area contributed by atoms with Crippen LogP contribution in [0, 0.1) is 5.41 Å². The Morgan fingerprint density at radius 2 is 1.92 bits per heavy atom. The van der Waals surface area contributed by atoms with Gasteiger partial charge in [0.2, 0.25) is 0 Å². The highest BCUT2D eigenvalue weighted by atomic mass is 35.5. The van der Waals surface area contributed by atoms with Gasteiger partial charge in [-0.3, -0.25) is 5.41 Å². The van der Waals surface area contributed by atoms with Crippen molar-refractivity contribution < 1.29 is 19.7 Å². The molecule has 8 heteroatoms. The third-order valence-electron chi connectivity index (χ3n) is 3.23. The number of aliphatic carboxylic acids is 1. The van der Waals surface area contributed by atoms with Gasteiger partial charge in [-0.25, -0.2) is 0 Å². The van der Waals surface area contributed by atoms with Crippen molar-refractivity contribution in [2.75, 3.05) is 12.4 Å². The Balaban J connectivity index is 0.00000288. The molecule has 0 radical (unpaired) electrons. The minimum Gasteiger partial charge on any atom is -0.548 e. The van der Waals surface area contributed by atoms with Crippen LogP contribution in [0.5, 0.6) is 11.5 Å². The highest BCUT2D eigenvalue weighted by molar-refractivity contribution is 5.95. The molecular formula is C16H17ClN3O4-. The van der Waals surface area contributed by atoms with Crippen molar-refractivity contribution in [3.05, 3.63) is 53.6 Å².